The first kappa shape index (κ1) is 16.4. The SMILES string of the molecule is Cc1nc2ccccc2n1CCCNS(=O)(=O)NC1CCCC1. The highest BCUT2D eigenvalue weighted by atomic mass is 32.2. The minimum Gasteiger partial charge on any atom is -0.328 e. The van der Waals surface area contributed by atoms with E-state index in [0.29, 0.717) is 6.54 Å². The molecule has 0 aliphatic heterocycles. The van der Waals surface area contributed by atoms with Crippen molar-refractivity contribution in [3.05, 3.63) is 30.1 Å². The standard InChI is InChI=1S/C16H24N4O2S/c1-13-18-15-9-4-5-10-16(15)20(13)12-6-11-17-23(21,22)19-14-7-2-3-8-14/h4-5,9-10,14,17,19H,2-3,6-8,11-12H2,1H3. The van der Waals surface area contributed by atoms with Crippen molar-refractivity contribution in [3.63, 3.8) is 0 Å². The smallest absolute Gasteiger partial charge is 0.277 e. The van der Waals surface area contributed by atoms with E-state index >= 15 is 0 Å². The summed E-state index contributed by atoms with van der Waals surface area (Å²) in [6.07, 6.45) is 4.84. The van der Waals surface area contributed by atoms with Crippen molar-refractivity contribution < 1.29 is 8.42 Å². The van der Waals surface area contributed by atoms with Gasteiger partial charge in [-0.1, -0.05) is 25.0 Å². The minimum atomic E-state index is -3.38. The summed E-state index contributed by atoms with van der Waals surface area (Å²) in [6, 6.07) is 8.11. The van der Waals surface area contributed by atoms with E-state index < -0.39 is 10.2 Å². The summed E-state index contributed by atoms with van der Waals surface area (Å²) < 4.78 is 31.5. The van der Waals surface area contributed by atoms with Crippen molar-refractivity contribution in [3.8, 4) is 0 Å². The zero-order chi connectivity index (χ0) is 16.3. The van der Waals surface area contributed by atoms with Gasteiger partial charge in [0.15, 0.2) is 0 Å². The van der Waals surface area contributed by atoms with Gasteiger partial charge >= 0.3 is 0 Å². The Balaban J connectivity index is 1.51. The Bertz CT molecular complexity index is 763. The molecule has 0 spiro atoms. The lowest BCUT2D eigenvalue weighted by Gasteiger charge is -2.13. The van der Waals surface area contributed by atoms with Gasteiger partial charge in [0.1, 0.15) is 5.82 Å². The molecule has 126 valence electrons. The van der Waals surface area contributed by atoms with Gasteiger partial charge in [0, 0.05) is 19.1 Å². The number of hydrogen-bond donors (Lipinski definition) is 2. The van der Waals surface area contributed by atoms with Crippen LogP contribution >= 0.6 is 0 Å². The number of nitrogens with zero attached hydrogens (tertiary/aromatic N) is 2. The molecule has 0 radical (unpaired) electrons. The highest BCUT2D eigenvalue weighted by molar-refractivity contribution is 7.87. The molecule has 1 heterocycles. The third kappa shape index (κ3) is 4.10. The van der Waals surface area contributed by atoms with E-state index in [2.05, 4.69) is 19.0 Å². The van der Waals surface area contributed by atoms with Crippen molar-refractivity contribution in [2.24, 2.45) is 0 Å². The van der Waals surface area contributed by atoms with E-state index in [1.54, 1.807) is 0 Å². The average Bonchev–Trinajstić information content (AvgIpc) is 3.10. The summed E-state index contributed by atoms with van der Waals surface area (Å²) in [6.45, 7) is 3.15. The van der Waals surface area contributed by atoms with Gasteiger partial charge in [-0.3, -0.25) is 0 Å². The molecule has 0 unspecified atom stereocenters. The molecule has 1 aromatic carbocycles. The number of fused-ring (bicyclic) bond motifs is 1. The number of benzene rings is 1. The molecule has 0 bridgehead atoms. The van der Waals surface area contributed by atoms with E-state index in [4.69, 9.17) is 0 Å². The van der Waals surface area contributed by atoms with Gasteiger partial charge in [-0.05, 0) is 38.3 Å². The molecule has 1 aromatic heterocycles. The Labute approximate surface area is 137 Å². The first-order valence-corrected chi connectivity index (χ1v) is 9.72. The molecule has 0 saturated heterocycles. The van der Waals surface area contributed by atoms with E-state index in [-0.39, 0.29) is 6.04 Å². The molecule has 1 aliphatic carbocycles. The third-order valence-corrected chi connectivity index (χ3v) is 5.60. The van der Waals surface area contributed by atoms with Crippen LogP contribution in [0, 0.1) is 6.92 Å². The molecule has 1 aliphatic rings. The summed E-state index contributed by atoms with van der Waals surface area (Å²) >= 11 is 0. The van der Waals surface area contributed by atoms with Crippen molar-refractivity contribution in [1.82, 2.24) is 19.0 Å². The molecule has 7 heteroatoms. The Kier molecular flexibility index (Phi) is 4.99. The topological polar surface area (TPSA) is 76.0 Å². The van der Waals surface area contributed by atoms with Crippen LogP contribution in [-0.4, -0.2) is 30.6 Å². The van der Waals surface area contributed by atoms with Crippen molar-refractivity contribution in [2.75, 3.05) is 6.54 Å². The van der Waals surface area contributed by atoms with Crippen LogP contribution < -0.4 is 9.44 Å². The molecule has 0 amide bonds. The highest BCUT2D eigenvalue weighted by Gasteiger charge is 2.20. The highest BCUT2D eigenvalue weighted by Crippen LogP contribution is 2.18. The van der Waals surface area contributed by atoms with Gasteiger partial charge in [-0.2, -0.15) is 13.1 Å². The summed E-state index contributed by atoms with van der Waals surface area (Å²) in [5, 5.41) is 0. The maximum Gasteiger partial charge on any atom is 0.277 e. The first-order chi connectivity index (χ1) is 11.1. The number of hydrogen-bond acceptors (Lipinski definition) is 3. The van der Waals surface area contributed by atoms with Crippen LogP contribution in [0.1, 0.15) is 37.9 Å². The quantitative estimate of drug-likeness (QED) is 0.760. The predicted octanol–water partition coefficient (Wildman–Crippen LogP) is 2.10. The van der Waals surface area contributed by atoms with E-state index in [1.807, 2.05) is 31.2 Å². The Morgan fingerprint density at radius 3 is 2.78 bits per heavy atom. The van der Waals surface area contributed by atoms with Gasteiger partial charge < -0.3 is 4.57 Å². The molecular weight excluding hydrogens is 312 g/mol. The molecule has 6 nitrogen and oxygen atoms in total. The monoisotopic (exact) mass is 336 g/mol. The lowest BCUT2D eigenvalue weighted by Crippen LogP contribution is -2.42. The number of aromatic nitrogens is 2. The van der Waals surface area contributed by atoms with Crippen molar-refractivity contribution in [2.45, 2.75) is 51.6 Å². The maximum absolute atomic E-state index is 12.0. The molecule has 1 saturated carbocycles. The lowest BCUT2D eigenvalue weighted by molar-refractivity contribution is 0.533. The summed E-state index contributed by atoms with van der Waals surface area (Å²) in [7, 11) is -3.38. The van der Waals surface area contributed by atoms with Gasteiger partial charge in [0.05, 0.1) is 11.0 Å². The van der Waals surface area contributed by atoms with E-state index in [9.17, 15) is 8.42 Å². The summed E-state index contributed by atoms with van der Waals surface area (Å²) in [4.78, 5) is 4.52. The first-order valence-electron chi connectivity index (χ1n) is 8.24. The van der Waals surface area contributed by atoms with Crippen LogP contribution in [0.4, 0.5) is 0 Å². The van der Waals surface area contributed by atoms with Crippen LogP contribution in [0.5, 0.6) is 0 Å². The van der Waals surface area contributed by atoms with Gasteiger partial charge in [-0.25, -0.2) is 9.71 Å². The molecule has 2 aromatic rings. The third-order valence-electron chi connectivity index (χ3n) is 4.37. The van der Waals surface area contributed by atoms with Gasteiger partial charge in [0.2, 0.25) is 0 Å². The molecule has 3 rings (SSSR count). The molecule has 2 N–H and O–H groups in total. The Morgan fingerprint density at radius 2 is 2.00 bits per heavy atom. The van der Waals surface area contributed by atoms with Crippen molar-refractivity contribution >= 4 is 21.2 Å². The zero-order valence-corrected chi connectivity index (χ0v) is 14.3. The van der Waals surface area contributed by atoms with E-state index in [1.165, 1.54) is 0 Å². The number of rotatable bonds is 7. The zero-order valence-electron chi connectivity index (χ0n) is 13.5. The average molecular weight is 336 g/mol. The van der Waals surface area contributed by atoms with Crippen LogP contribution in [0.3, 0.4) is 0 Å². The Hall–Kier alpha value is -1.44. The molecule has 23 heavy (non-hydrogen) atoms. The molecular formula is C16H24N4O2S. The largest absolute Gasteiger partial charge is 0.328 e. The second-order valence-electron chi connectivity index (χ2n) is 6.15. The predicted molar refractivity (Wildman–Crippen MR) is 91.4 cm³/mol. The van der Waals surface area contributed by atoms with Crippen LogP contribution in [0.2, 0.25) is 0 Å². The van der Waals surface area contributed by atoms with E-state index in [0.717, 1.165) is 55.5 Å². The number of para-hydroxylation sites is 2. The second-order valence-corrected chi connectivity index (χ2v) is 7.68. The van der Waals surface area contributed by atoms with Crippen LogP contribution in [-0.2, 0) is 16.8 Å². The van der Waals surface area contributed by atoms with Gasteiger partial charge in [-0.15, -0.1) is 0 Å². The molecule has 0 atom stereocenters. The lowest BCUT2D eigenvalue weighted by atomic mass is 10.3. The summed E-state index contributed by atoms with van der Waals surface area (Å²) in [5.41, 5.74) is 2.07. The maximum atomic E-state index is 12.0. The summed E-state index contributed by atoms with van der Waals surface area (Å²) in [5.74, 6) is 0.957. The normalized spacial score (nSPS) is 16.4. The fraction of sp³-hybridized carbons (Fsp3) is 0.562. The number of nitrogens with one attached hydrogen (secondary N) is 2. The van der Waals surface area contributed by atoms with Crippen LogP contribution in [0.25, 0.3) is 11.0 Å². The number of aryl methyl sites for hydroxylation is 2. The second kappa shape index (κ2) is 6.98. The Morgan fingerprint density at radius 1 is 1.26 bits per heavy atom. The minimum absolute atomic E-state index is 0.104. The molecule has 1 fully saturated rings. The fourth-order valence-corrected chi connectivity index (χ4v) is 4.40. The van der Waals surface area contributed by atoms with Crippen molar-refractivity contribution in [1.29, 1.82) is 0 Å². The number of imidazole rings is 1. The fourth-order valence-electron chi connectivity index (χ4n) is 3.23. The van der Waals surface area contributed by atoms with Gasteiger partial charge in [0.25, 0.3) is 10.2 Å². The van der Waals surface area contributed by atoms with Crippen LogP contribution in [0.15, 0.2) is 24.3 Å².